The number of halogens is 2. The van der Waals surface area contributed by atoms with E-state index in [0.29, 0.717) is 0 Å². The molecule has 0 atom stereocenters. The van der Waals surface area contributed by atoms with Crippen molar-refractivity contribution in [3.63, 3.8) is 0 Å². The van der Waals surface area contributed by atoms with E-state index in [-0.39, 0.29) is 5.82 Å². The molecule has 1 fully saturated rings. The number of nitrogens with one attached hydrogen (secondary N) is 1. The van der Waals surface area contributed by atoms with Gasteiger partial charge < -0.3 is 5.32 Å². The van der Waals surface area contributed by atoms with Gasteiger partial charge in [0.1, 0.15) is 5.82 Å². The van der Waals surface area contributed by atoms with E-state index in [1.54, 1.807) is 0 Å². The molecule has 13 heavy (non-hydrogen) atoms. The molecule has 0 unspecified atom stereocenters. The predicted molar refractivity (Wildman–Crippen MR) is 54.2 cm³/mol. The molecule has 1 nitrogen and oxygen atoms in total. The molecule has 3 heteroatoms. The molecular formula is C10H11BrFN. The molecule has 0 radical (unpaired) electrons. The van der Waals surface area contributed by atoms with Gasteiger partial charge >= 0.3 is 0 Å². The second-order valence-corrected chi connectivity index (χ2v) is 4.32. The maximum Gasteiger partial charge on any atom is 0.124 e. The van der Waals surface area contributed by atoms with Crippen molar-refractivity contribution < 1.29 is 4.39 Å². The van der Waals surface area contributed by atoms with Gasteiger partial charge in [0.25, 0.3) is 0 Å². The highest BCUT2D eigenvalue weighted by Gasteiger charge is 2.17. The van der Waals surface area contributed by atoms with Gasteiger partial charge in [-0.3, -0.25) is 0 Å². The first kappa shape index (κ1) is 9.16. The van der Waals surface area contributed by atoms with E-state index >= 15 is 0 Å². The third kappa shape index (κ3) is 2.09. The zero-order valence-electron chi connectivity index (χ0n) is 7.19. The van der Waals surface area contributed by atoms with Crippen molar-refractivity contribution in [1.29, 1.82) is 0 Å². The molecule has 1 aromatic rings. The van der Waals surface area contributed by atoms with E-state index in [0.717, 1.165) is 29.9 Å². The average Bonchev–Trinajstić information content (AvgIpc) is 1.99. The van der Waals surface area contributed by atoms with E-state index in [1.807, 2.05) is 6.07 Å². The molecule has 1 heterocycles. The molecule has 0 aliphatic carbocycles. The molecule has 1 aliphatic rings. The number of rotatable bonds is 2. The molecule has 0 aromatic heterocycles. The van der Waals surface area contributed by atoms with Crippen LogP contribution in [0.15, 0.2) is 22.7 Å². The number of benzene rings is 1. The van der Waals surface area contributed by atoms with Crippen LogP contribution in [0.25, 0.3) is 0 Å². The molecule has 1 saturated heterocycles. The van der Waals surface area contributed by atoms with Gasteiger partial charge in [0, 0.05) is 4.47 Å². The summed E-state index contributed by atoms with van der Waals surface area (Å²) in [4.78, 5) is 0. The molecule has 1 N–H and O–H groups in total. The lowest BCUT2D eigenvalue weighted by molar-refractivity contribution is 0.346. The molecule has 70 valence electrons. The largest absolute Gasteiger partial charge is 0.316 e. The van der Waals surface area contributed by atoms with Gasteiger partial charge in [-0.05, 0) is 43.1 Å². The lowest BCUT2D eigenvalue weighted by Crippen LogP contribution is -2.43. The van der Waals surface area contributed by atoms with Crippen LogP contribution in [0.4, 0.5) is 4.39 Å². The van der Waals surface area contributed by atoms with E-state index in [2.05, 4.69) is 21.2 Å². The maximum absolute atomic E-state index is 12.7. The van der Waals surface area contributed by atoms with E-state index in [4.69, 9.17) is 0 Å². The number of hydrogen-bond acceptors (Lipinski definition) is 1. The van der Waals surface area contributed by atoms with Crippen molar-refractivity contribution in [2.24, 2.45) is 5.92 Å². The zero-order valence-corrected chi connectivity index (χ0v) is 8.77. The fraction of sp³-hybridized carbons (Fsp3) is 0.400. The van der Waals surface area contributed by atoms with Crippen molar-refractivity contribution in [3.8, 4) is 0 Å². The van der Waals surface area contributed by atoms with Crippen LogP contribution in [0.5, 0.6) is 0 Å². The highest BCUT2D eigenvalue weighted by Crippen LogP contribution is 2.22. The molecule has 2 rings (SSSR count). The summed E-state index contributed by atoms with van der Waals surface area (Å²) in [5.41, 5.74) is 1.20. The van der Waals surface area contributed by atoms with Crippen LogP contribution in [0, 0.1) is 11.7 Å². The van der Waals surface area contributed by atoms with Crippen LogP contribution >= 0.6 is 15.9 Å². The Morgan fingerprint density at radius 2 is 2.23 bits per heavy atom. The van der Waals surface area contributed by atoms with Gasteiger partial charge in [0.15, 0.2) is 0 Å². The number of hydrogen-bond donors (Lipinski definition) is 1. The monoisotopic (exact) mass is 243 g/mol. The van der Waals surface area contributed by atoms with Crippen LogP contribution in [-0.4, -0.2) is 13.1 Å². The minimum Gasteiger partial charge on any atom is -0.316 e. The summed E-state index contributed by atoms with van der Waals surface area (Å²) in [6, 6.07) is 4.91. The Morgan fingerprint density at radius 3 is 2.77 bits per heavy atom. The Kier molecular flexibility index (Phi) is 2.65. The van der Waals surface area contributed by atoms with Crippen molar-refractivity contribution in [2.75, 3.05) is 13.1 Å². The third-order valence-electron chi connectivity index (χ3n) is 2.39. The van der Waals surface area contributed by atoms with E-state index in [1.165, 1.54) is 17.7 Å². The van der Waals surface area contributed by atoms with Crippen molar-refractivity contribution in [1.82, 2.24) is 5.32 Å². The van der Waals surface area contributed by atoms with Gasteiger partial charge in [0.2, 0.25) is 0 Å². The molecule has 0 saturated carbocycles. The van der Waals surface area contributed by atoms with Crippen LogP contribution in [0.1, 0.15) is 5.56 Å². The lowest BCUT2D eigenvalue weighted by Gasteiger charge is -2.27. The fourth-order valence-electron chi connectivity index (χ4n) is 1.49. The van der Waals surface area contributed by atoms with Crippen LogP contribution in [0.2, 0.25) is 0 Å². The molecular weight excluding hydrogens is 233 g/mol. The van der Waals surface area contributed by atoms with Crippen molar-refractivity contribution >= 4 is 15.9 Å². The molecule has 0 spiro atoms. The molecule has 0 bridgehead atoms. The zero-order chi connectivity index (χ0) is 9.26. The van der Waals surface area contributed by atoms with Gasteiger partial charge in [0.05, 0.1) is 0 Å². The first-order valence-electron chi connectivity index (χ1n) is 4.40. The summed E-state index contributed by atoms with van der Waals surface area (Å²) in [7, 11) is 0. The smallest absolute Gasteiger partial charge is 0.124 e. The van der Waals surface area contributed by atoms with Crippen molar-refractivity contribution in [3.05, 3.63) is 34.1 Å². The summed E-state index contributed by atoms with van der Waals surface area (Å²) in [6.07, 6.45) is 1.04. The summed E-state index contributed by atoms with van der Waals surface area (Å²) in [5.74, 6) is 0.545. The maximum atomic E-state index is 12.7. The standard InChI is InChI=1S/C10H11BrFN/c11-10-4-9(12)2-1-8(10)3-7-5-13-6-7/h1-2,4,7,13H,3,5-6H2. The first-order valence-corrected chi connectivity index (χ1v) is 5.19. The quantitative estimate of drug-likeness (QED) is 0.842. The normalized spacial score (nSPS) is 17.1. The topological polar surface area (TPSA) is 12.0 Å². The Labute approximate surface area is 85.5 Å². The molecule has 1 aromatic carbocycles. The summed E-state index contributed by atoms with van der Waals surface area (Å²) in [5, 5.41) is 3.22. The Bertz CT molecular complexity index is 310. The third-order valence-corrected chi connectivity index (χ3v) is 3.13. The second-order valence-electron chi connectivity index (χ2n) is 3.46. The van der Waals surface area contributed by atoms with Gasteiger partial charge in [-0.15, -0.1) is 0 Å². The van der Waals surface area contributed by atoms with Crippen molar-refractivity contribution in [2.45, 2.75) is 6.42 Å². The molecule has 1 aliphatic heterocycles. The summed E-state index contributed by atoms with van der Waals surface area (Å²) in [6.45, 7) is 2.17. The SMILES string of the molecule is Fc1ccc(CC2CNC2)c(Br)c1. The Balaban J connectivity index is 2.10. The molecule has 0 amide bonds. The Morgan fingerprint density at radius 1 is 1.46 bits per heavy atom. The highest BCUT2D eigenvalue weighted by atomic mass is 79.9. The van der Waals surface area contributed by atoms with Crippen LogP contribution < -0.4 is 5.32 Å². The van der Waals surface area contributed by atoms with Gasteiger partial charge in [-0.25, -0.2) is 4.39 Å². The van der Waals surface area contributed by atoms with Crippen LogP contribution in [0.3, 0.4) is 0 Å². The van der Waals surface area contributed by atoms with Gasteiger partial charge in [-0.2, -0.15) is 0 Å². The summed E-state index contributed by atoms with van der Waals surface area (Å²) >= 11 is 3.37. The fourth-order valence-corrected chi connectivity index (χ4v) is 2.00. The summed E-state index contributed by atoms with van der Waals surface area (Å²) < 4.78 is 13.6. The Hall–Kier alpha value is -0.410. The minimum absolute atomic E-state index is 0.178. The minimum atomic E-state index is -0.178. The highest BCUT2D eigenvalue weighted by molar-refractivity contribution is 9.10. The van der Waals surface area contributed by atoms with Gasteiger partial charge in [-0.1, -0.05) is 22.0 Å². The first-order chi connectivity index (χ1) is 6.25. The lowest BCUT2D eigenvalue weighted by atomic mass is 9.94. The van der Waals surface area contributed by atoms with E-state index < -0.39 is 0 Å². The van der Waals surface area contributed by atoms with E-state index in [9.17, 15) is 4.39 Å². The average molecular weight is 244 g/mol. The van der Waals surface area contributed by atoms with Crippen LogP contribution in [-0.2, 0) is 6.42 Å². The predicted octanol–water partition coefficient (Wildman–Crippen LogP) is 2.35. The second kappa shape index (κ2) is 3.76.